The molecule has 0 fully saturated rings. The monoisotopic (exact) mass is 924 g/mol. The van der Waals surface area contributed by atoms with Crippen LogP contribution >= 0.6 is 75.2 Å². The zero-order valence-electron chi connectivity index (χ0n) is 29.4. The molecule has 0 aromatic heterocycles. The Labute approximate surface area is 323 Å². The van der Waals surface area contributed by atoms with Crippen LogP contribution in [0.25, 0.3) is 0 Å². The molecule has 3 N–H and O–H groups in total. The van der Waals surface area contributed by atoms with Crippen LogP contribution in [0, 0.1) is 5.41 Å². The van der Waals surface area contributed by atoms with Crippen molar-refractivity contribution in [2.45, 2.75) is 89.3 Å². The van der Waals surface area contributed by atoms with E-state index in [9.17, 15) is 14.7 Å². The summed E-state index contributed by atoms with van der Waals surface area (Å²) in [6.07, 6.45) is 2.03. The molecule has 3 aromatic rings. The summed E-state index contributed by atoms with van der Waals surface area (Å²) in [5, 5.41) is 0. The summed E-state index contributed by atoms with van der Waals surface area (Å²) in [5.74, 6) is 0. The van der Waals surface area contributed by atoms with E-state index < -0.39 is 35.5 Å². The molecule has 0 saturated carbocycles. The molecule has 272 valence electrons. The van der Waals surface area contributed by atoms with Crippen molar-refractivity contribution in [1.82, 2.24) is 0 Å². The van der Waals surface area contributed by atoms with E-state index >= 15 is 13.7 Å². The topological polar surface area (TPSA) is 112 Å². The fourth-order valence-corrected chi connectivity index (χ4v) is 173. The van der Waals surface area contributed by atoms with Crippen LogP contribution in [0.2, 0.25) is 0 Å². The predicted octanol–water partition coefficient (Wildman–Crippen LogP) is 14.1. The van der Waals surface area contributed by atoms with Crippen LogP contribution in [0.4, 0.5) is 0 Å². The van der Waals surface area contributed by atoms with Crippen molar-refractivity contribution in [3.63, 3.8) is 0 Å². The zero-order valence-corrected chi connectivity index (χ0v) is 39.4. The van der Waals surface area contributed by atoms with Crippen molar-refractivity contribution < 1.29 is 46.9 Å². The molecular formula is C34H45O6P3S6Zr. The van der Waals surface area contributed by atoms with Gasteiger partial charge in [-0.2, -0.15) is 0 Å². The van der Waals surface area contributed by atoms with Gasteiger partial charge < -0.3 is 0 Å². The summed E-state index contributed by atoms with van der Waals surface area (Å²) in [6.45, 7) is 15.3. The average molecular weight is 926 g/mol. The maximum atomic E-state index is 15.6. The number of hydrogen-bond acceptors (Lipinski definition) is 9. The molecule has 3 atom stereocenters. The second-order valence-electron chi connectivity index (χ2n) is 12.4. The molecule has 3 aromatic carbocycles. The van der Waals surface area contributed by atoms with Gasteiger partial charge in [0, 0.05) is 0 Å². The van der Waals surface area contributed by atoms with Gasteiger partial charge in [-0.05, 0) is 0 Å². The average Bonchev–Trinajstić information content (AvgIpc) is 3.24. The number of hydrogen-bond donors (Lipinski definition) is 3. The molecule has 0 bridgehead atoms. The Hall–Kier alpha value is 0.693. The zero-order chi connectivity index (χ0) is 37.1. The van der Waals surface area contributed by atoms with Gasteiger partial charge in [-0.15, -0.1) is 0 Å². The van der Waals surface area contributed by atoms with Crippen LogP contribution in [0.5, 0.6) is 0 Å². The fraction of sp³-hybridized carbons (Fsp3) is 0.353. The van der Waals surface area contributed by atoms with Gasteiger partial charge in [0.15, 0.2) is 0 Å². The molecule has 50 heavy (non-hydrogen) atoms. The molecule has 0 spiro atoms. The van der Waals surface area contributed by atoms with Crippen molar-refractivity contribution in [2.24, 2.45) is 5.41 Å². The van der Waals surface area contributed by atoms with Crippen molar-refractivity contribution in [3.8, 4) is 0 Å². The van der Waals surface area contributed by atoms with Gasteiger partial charge in [0.1, 0.15) is 0 Å². The van der Waals surface area contributed by atoms with E-state index in [1.807, 2.05) is 121 Å². The number of benzene rings is 3. The van der Waals surface area contributed by atoms with E-state index in [1.54, 1.807) is 6.92 Å². The Balaban J connectivity index is 2.02. The second kappa shape index (κ2) is 17.7. The molecular weight excluding hydrogens is 881 g/mol. The summed E-state index contributed by atoms with van der Waals surface area (Å²) in [7, 11) is 5.09. The van der Waals surface area contributed by atoms with Crippen LogP contribution in [0.1, 0.15) is 72.1 Å². The van der Waals surface area contributed by atoms with Crippen LogP contribution in [0.15, 0.2) is 107 Å². The second-order valence-corrected chi connectivity index (χ2v) is 72.2. The third-order valence-corrected chi connectivity index (χ3v) is 124. The Kier molecular flexibility index (Phi) is 15.3. The minimum absolute atomic E-state index is 0.287. The third-order valence-electron chi connectivity index (χ3n) is 9.32. The molecule has 0 saturated heterocycles. The molecule has 16 heteroatoms. The third kappa shape index (κ3) is 8.42. The van der Waals surface area contributed by atoms with Gasteiger partial charge in [0.25, 0.3) is 0 Å². The van der Waals surface area contributed by atoms with E-state index in [-0.39, 0.29) is 3.28 Å². The van der Waals surface area contributed by atoms with E-state index in [1.165, 1.54) is 0 Å². The summed E-state index contributed by atoms with van der Waals surface area (Å²) >= 11 is -6.62. The summed E-state index contributed by atoms with van der Waals surface area (Å²) < 4.78 is 32.3. The van der Waals surface area contributed by atoms with Gasteiger partial charge in [0.05, 0.1) is 0 Å². The molecule has 3 unspecified atom stereocenters. The van der Waals surface area contributed by atoms with Crippen LogP contribution in [-0.2, 0) is 51.5 Å². The first-order chi connectivity index (χ1) is 23.4. The first kappa shape index (κ1) is 43.4. The SMILES string of the molecule is CCc1ccccc1SS[P](=O)(O)[Zr]([C]1=C(C)C(C)=C(C)C1(C)C)([P](=O)(O)SSc1ccccc1CC)[P](=O)(O)SSc1ccccc1CC. The van der Waals surface area contributed by atoms with Gasteiger partial charge in [-0.1, -0.05) is 0 Å². The van der Waals surface area contributed by atoms with Crippen molar-refractivity contribution in [1.29, 1.82) is 0 Å². The van der Waals surface area contributed by atoms with Crippen LogP contribution in [-0.4, -0.2) is 14.7 Å². The molecule has 0 amide bonds. The molecule has 1 aliphatic rings. The van der Waals surface area contributed by atoms with Gasteiger partial charge >= 0.3 is 326 Å². The first-order valence-electron chi connectivity index (χ1n) is 16.1. The Morgan fingerprint density at radius 2 is 0.860 bits per heavy atom. The van der Waals surface area contributed by atoms with E-state index in [4.69, 9.17) is 0 Å². The minimum atomic E-state index is -6.62. The van der Waals surface area contributed by atoms with Crippen LogP contribution < -0.4 is 0 Å². The molecule has 4 rings (SSSR count). The summed E-state index contributed by atoms with van der Waals surface area (Å²) in [5.41, 5.74) is 4.14. The quantitative estimate of drug-likeness (QED) is 0.0939. The van der Waals surface area contributed by atoms with Gasteiger partial charge in [0.2, 0.25) is 0 Å². The number of aryl methyl sites for hydroxylation is 3. The van der Waals surface area contributed by atoms with Crippen molar-refractivity contribution in [3.05, 3.63) is 109 Å². The van der Waals surface area contributed by atoms with E-state index in [0.29, 0.717) is 56.1 Å². The summed E-state index contributed by atoms with van der Waals surface area (Å²) in [4.78, 5) is 40.4. The predicted molar refractivity (Wildman–Crippen MR) is 222 cm³/mol. The van der Waals surface area contributed by atoms with E-state index in [0.717, 1.165) is 74.9 Å². The maximum absolute atomic E-state index is 15.6. The Morgan fingerprint density at radius 1 is 0.560 bits per heavy atom. The molecule has 6 nitrogen and oxygen atoms in total. The van der Waals surface area contributed by atoms with Crippen LogP contribution in [0.3, 0.4) is 0 Å². The summed E-state index contributed by atoms with van der Waals surface area (Å²) in [6, 6.07) is 22.6. The molecule has 0 aliphatic heterocycles. The molecule has 0 radical (unpaired) electrons. The first-order valence-corrected chi connectivity index (χ1v) is 40.5. The molecule has 0 heterocycles. The number of rotatable bonds is 16. The van der Waals surface area contributed by atoms with Crippen molar-refractivity contribution >= 4 is 75.2 Å². The Morgan fingerprint density at radius 3 is 1.12 bits per heavy atom. The standard InChI is InChI=1S/C10H15.3C8H9O2PS2.Zr/c1-7-6-10(4,5)9(3)8(7)2;3*1-2-7-5-3-4-6-8(7)12-13-11(9)10;/h1-5H3;3*3-6H,2H2,1H3;/q;;;;-3/p+3. The fourth-order valence-electron chi connectivity index (χ4n) is 6.23. The normalized spacial score (nSPS) is 19.5. The molecule has 1 aliphatic carbocycles. The van der Waals surface area contributed by atoms with Crippen molar-refractivity contribution in [2.75, 3.05) is 0 Å². The van der Waals surface area contributed by atoms with E-state index in [2.05, 4.69) is 0 Å². The Bertz CT molecular complexity index is 1780. The van der Waals surface area contributed by atoms with Gasteiger partial charge in [-0.25, -0.2) is 0 Å². The number of allylic oxidation sites excluding steroid dienone is 4. The van der Waals surface area contributed by atoms with Gasteiger partial charge in [-0.3, -0.25) is 0 Å².